The van der Waals surface area contributed by atoms with Gasteiger partial charge in [-0.1, -0.05) is 12.1 Å². The van der Waals surface area contributed by atoms with Crippen molar-refractivity contribution in [3.63, 3.8) is 0 Å². The number of nitrogens with one attached hydrogen (secondary N) is 2. The Labute approximate surface area is 188 Å². The molecule has 2 heterocycles. The number of anilines is 2. The number of hydrogen-bond acceptors (Lipinski definition) is 7. The van der Waals surface area contributed by atoms with E-state index in [1.165, 1.54) is 12.1 Å². The molecule has 1 aliphatic rings. The average molecular weight is 453 g/mol. The maximum atomic E-state index is 12.7. The topological polar surface area (TPSA) is 96.5 Å². The van der Waals surface area contributed by atoms with E-state index in [1.807, 2.05) is 0 Å². The molecule has 2 N–H and O–H groups in total. The largest absolute Gasteiger partial charge is 0.435 e. The second-order valence-corrected chi connectivity index (χ2v) is 7.35. The molecule has 0 aliphatic carbocycles. The Bertz CT molecular complexity index is 1090. The van der Waals surface area contributed by atoms with Crippen LogP contribution in [-0.4, -0.2) is 59.3 Å². The number of hydrogen-bond donors (Lipinski definition) is 2. The van der Waals surface area contributed by atoms with Crippen LogP contribution in [0, 0.1) is 0 Å². The standard InChI is InChI=1S/C23H21F2N5O3/c24-22(25)33-20-7-3-15(4-8-20)17-11-27-23(28-12-17)29-18-5-1-16(2-6-18)21(32)30-10-9-26-19(13-30)14-31/h1-8,11-12,14,19,22,26H,9-10,13H2,(H,27,28,29). The first-order valence-corrected chi connectivity index (χ1v) is 10.2. The molecule has 33 heavy (non-hydrogen) atoms. The fourth-order valence-corrected chi connectivity index (χ4v) is 3.43. The van der Waals surface area contributed by atoms with Gasteiger partial charge in [-0.05, 0) is 42.0 Å². The fourth-order valence-electron chi connectivity index (χ4n) is 3.43. The SMILES string of the molecule is O=CC1CN(C(=O)c2ccc(Nc3ncc(-c4ccc(OC(F)F)cc4)cn3)cc2)CCN1. The highest BCUT2D eigenvalue weighted by molar-refractivity contribution is 5.95. The Morgan fingerprint density at radius 1 is 1.09 bits per heavy atom. The Morgan fingerprint density at radius 3 is 2.42 bits per heavy atom. The molecule has 8 nitrogen and oxygen atoms in total. The molecule has 1 atom stereocenters. The number of rotatable bonds is 7. The molecule has 0 saturated carbocycles. The third-order valence-corrected chi connectivity index (χ3v) is 5.11. The highest BCUT2D eigenvalue weighted by atomic mass is 19.3. The molecular formula is C23H21F2N5O3. The highest BCUT2D eigenvalue weighted by Crippen LogP contribution is 2.23. The van der Waals surface area contributed by atoms with Crippen LogP contribution in [0.15, 0.2) is 60.9 Å². The molecule has 170 valence electrons. The first kappa shape index (κ1) is 22.3. The summed E-state index contributed by atoms with van der Waals surface area (Å²) in [5.41, 5.74) is 2.71. The summed E-state index contributed by atoms with van der Waals surface area (Å²) in [7, 11) is 0. The number of alkyl halides is 2. The smallest absolute Gasteiger partial charge is 0.387 e. The van der Waals surface area contributed by atoms with Gasteiger partial charge in [0.2, 0.25) is 5.95 Å². The van der Waals surface area contributed by atoms with E-state index >= 15 is 0 Å². The average Bonchev–Trinajstić information content (AvgIpc) is 2.85. The normalized spacial score (nSPS) is 15.8. The number of nitrogens with zero attached hydrogens (tertiary/aromatic N) is 3. The van der Waals surface area contributed by atoms with Crippen molar-refractivity contribution in [3.05, 3.63) is 66.5 Å². The number of aromatic nitrogens is 2. The Morgan fingerprint density at radius 2 is 1.79 bits per heavy atom. The lowest BCUT2D eigenvalue weighted by Gasteiger charge is -2.31. The van der Waals surface area contributed by atoms with Crippen molar-refractivity contribution in [1.82, 2.24) is 20.2 Å². The molecule has 3 aromatic rings. The predicted molar refractivity (Wildman–Crippen MR) is 118 cm³/mol. The molecule has 1 unspecified atom stereocenters. The number of aldehydes is 1. The van der Waals surface area contributed by atoms with Gasteiger partial charge in [-0.15, -0.1) is 0 Å². The van der Waals surface area contributed by atoms with Gasteiger partial charge in [0.1, 0.15) is 12.0 Å². The van der Waals surface area contributed by atoms with Gasteiger partial charge in [-0.2, -0.15) is 8.78 Å². The van der Waals surface area contributed by atoms with E-state index in [0.29, 0.717) is 36.8 Å². The number of carbonyl (C=O) groups is 2. The molecule has 10 heteroatoms. The second-order valence-electron chi connectivity index (χ2n) is 7.35. The van der Waals surface area contributed by atoms with Crippen molar-refractivity contribution in [2.24, 2.45) is 0 Å². The minimum Gasteiger partial charge on any atom is -0.435 e. The minimum atomic E-state index is -2.87. The van der Waals surface area contributed by atoms with E-state index in [0.717, 1.165) is 17.4 Å². The third-order valence-electron chi connectivity index (χ3n) is 5.11. The molecular weight excluding hydrogens is 432 g/mol. The molecule has 1 fully saturated rings. The zero-order chi connectivity index (χ0) is 23.2. The molecule has 1 saturated heterocycles. The molecule has 2 aromatic carbocycles. The van der Waals surface area contributed by atoms with E-state index in [1.54, 1.807) is 53.7 Å². The van der Waals surface area contributed by atoms with Gasteiger partial charge in [-0.3, -0.25) is 4.79 Å². The fraction of sp³-hybridized carbons (Fsp3) is 0.217. The first-order chi connectivity index (χ1) is 16.0. The number of benzene rings is 2. The molecule has 1 aromatic heterocycles. The monoisotopic (exact) mass is 453 g/mol. The van der Waals surface area contributed by atoms with Crippen molar-refractivity contribution in [2.45, 2.75) is 12.7 Å². The summed E-state index contributed by atoms with van der Waals surface area (Å²) in [5, 5.41) is 6.11. The van der Waals surface area contributed by atoms with Crippen molar-refractivity contribution >= 4 is 23.8 Å². The van der Waals surface area contributed by atoms with Crippen LogP contribution < -0.4 is 15.4 Å². The zero-order valence-corrected chi connectivity index (χ0v) is 17.4. The van der Waals surface area contributed by atoms with Crippen LogP contribution in [0.2, 0.25) is 0 Å². The number of ether oxygens (including phenoxy) is 1. The molecule has 0 radical (unpaired) electrons. The van der Waals surface area contributed by atoms with Crippen molar-refractivity contribution < 1.29 is 23.1 Å². The summed E-state index contributed by atoms with van der Waals surface area (Å²) < 4.78 is 28.9. The summed E-state index contributed by atoms with van der Waals surface area (Å²) >= 11 is 0. The van der Waals surface area contributed by atoms with E-state index in [2.05, 4.69) is 25.3 Å². The molecule has 0 bridgehead atoms. The quantitative estimate of drug-likeness (QED) is 0.531. The van der Waals surface area contributed by atoms with Crippen LogP contribution >= 0.6 is 0 Å². The van der Waals surface area contributed by atoms with Crippen LogP contribution in [0.3, 0.4) is 0 Å². The third kappa shape index (κ3) is 5.66. The maximum absolute atomic E-state index is 12.7. The van der Waals surface area contributed by atoms with E-state index in [4.69, 9.17) is 0 Å². The molecule has 1 amide bonds. The summed E-state index contributed by atoms with van der Waals surface area (Å²) in [4.78, 5) is 33.9. The van der Waals surface area contributed by atoms with E-state index in [9.17, 15) is 18.4 Å². The van der Waals surface area contributed by atoms with Gasteiger partial charge >= 0.3 is 6.61 Å². The zero-order valence-electron chi connectivity index (χ0n) is 17.4. The van der Waals surface area contributed by atoms with Crippen LogP contribution in [0.1, 0.15) is 10.4 Å². The summed E-state index contributed by atoms with van der Waals surface area (Å²) in [6.45, 7) is -1.39. The summed E-state index contributed by atoms with van der Waals surface area (Å²) in [6, 6.07) is 12.8. The predicted octanol–water partition coefficient (Wildman–Crippen LogP) is 3.10. The lowest BCUT2D eigenvalue weighted by Crippen LogP contribution is -2.53. The number of piperazine rings is 1. The lowest BCUT2D eigenvalue weighted by molar-refractivity contribution is -0.110. The summed E-state index contributed by atoms with van der Waals surface area (Å²) in [6.07, 6.45) is 4.04. The molecule has 1 aliphatic heterocycles. The molecule has 4 rings (SSSR count). The Kier molecular flexibility index (Phi) is 6.84. The van der Waals surface area contributed by atoms with Crippen LogP contribution in [0.25, 0.3) is 11.1 Å². The van der Waals surface area contributed by atoms with Crippen molar-refractivity contribution in [1.29, 1.82) is 0 Å². The van der Waals surface area contributed by atoms with Gasteiger partial charge in [-0.25, -0.2) is 9.97 Å². The van der Waals surface area contributed by atoms with Crippen molar-refractivity contribution in [2.75, 3.05) is 25.0 Å². The van der Waals surface area contributed by atoms with Gasteiger partial charge < -0.3 is 25.1 Å². The van der Waals surface area contributed by atoms with Gasteiger partial charge in [0.25, 0.3) is 5.91 Å². The number of amides is 1. The first-order valence-electron chi connectivity index (χ1n) is 10.2. The van der Waals surface area contributed by atoms with Gasteiger partial charge in [0, 0.05) is 48.8 Å². The van der Waals surface area contributed by atoms with Crippen LogP contribution in [-0.2, 0) is 4.79 Å². The van der Waals surface area contributed by atoms with Crippen LogP contribution in [0.4, 0.5) is 20.4 Å². The number of halogens is 2. The van der Waals surface area contributed by atoms with Crippen molar-refractivity contribution in [3.8, 4) is 16.9 Å². The van der Waals surface area contributed by atoms with Crippen LogP contribution in [0.5, 0.6) is 5.75 Å². The lowest BCUT2D eigenvalue weighted by atomic mass is 10.1. The second kappa shape index (κ2) is 10.1. The Hall–Kier alpha value is -3.92. The minimum absolute atomic E-state index is 0.0791. The van der Waals surface area contributed by atoms with E-state index in [-0.39, 0.29) is 17.7 Å². The highest BCUT2D eigenvalue weighted by Gasteiger charge is 2.23. The summed E-state index contributed by atoms with van der Waals surface area (Å²) in [5.74, 6) is 0.322. The van der Waals surface area contributed by atoms with Gasteiger partial charge in [0.05, 0.1) is 6.04 Å². The van der Waals surface area contributed by atoms with Gasteiger partial charge in [0.15, 0.2) is 0 Å². The Balaban J connectivity index is 1.37. The number of carbonyl (C=O) groups excluding carboxylic acids is 2. The van der Waals surface area contributed by atoms with E-state index < -0.39 is 6.61 Å². The maximum Gasteiger partial charge on any atom is 0.387 e. The molecule has 0 spiro atoms.